The van der Waals surface area contributed by atoms with Crippen LogP contribution in [0.2, 0.25) is 0 Å². The van der Waals surface area contributed by atoms with Crippen molar-refractivity contribution < 1.29 is 17.9 Å². The Labute approximate surface area is 150 Å². The van der Waals surface area contributed by atoms with E-state index in [1.807, 2.05) is 20.8 Å². The van der Waals surface area contributed by atoms with E-state index >= 15 is 0 Å². The Hall–Kier alpha value is -1.44. The fourth-order valence-electron chi connectivity index (χ4n) is 3.03. The summed E-state index contributed by atoms with van der Waals surface area (Å²) in [5.41, 5.74) is -0.490. The molecule has 1 heterocycles. The maximum atomic E-state index is 12.7. The van der Waals surface area contributed by atoms with Crippen LogP contribution in [0.25, 0.3) is 0 Å². The fourth-order valence-corrected chi connectivity index (χ4v) is 4.45. The topological polar surface area (TPSA) is 75.7 Å². The number of nitrogens with zero attached hydrogens (tertiary/aromatic N) is 1. The van der Waals surface area contributed by atoms with Gasteiger partial charge in [0.15, 0.2) is 0 Å². The molecule has 0 bridgehead atoms. The molecule has 140 valence electrons. The summed E-state index contributed by atoms with van der Waals surface area (Å²) in [6.45, 7) is 12.2. The summed E-state index contributed by atoms with van der Waals surface area (Å²) in [5, 5.41) is 0. The van der Waals surface area contributed by atoms with Crippen LogP contribution in [0.4, 0.5) is 0 Å². The summed E-state index contributed by atoms with van der Waals surface area (Å²) in [6.07, 6.45) is -0.0386. The van der Waals surface area contributed by atoms with Gasteiger partial charge >= 0.3 is 0 Å². The van der Waals surface area contributed by atoms with E-state index in [1.54, 1.807) is 37.8 Å². The lowest BCUT2D eigenvalue weighted by molar-refractivity contribution is -0.118. The molecule has 0 spiro atoms. The van der Waals surface area contributed by atoms with Gasteiger partial charge in [-0.3, -0.25) is 4.79 Å². The molecule has 1 unspecified atom stereocenters. The summed E-state index contributed by atoms with van der Waals surface area (Å²) < 4.78 is 33.1. The molecule has 1 atom stereocenters. The second kappa shape index (κ2) is 6.70. The molecular formula is C18H28N2O4S. The quantitative estimate of drug-likeness (QED) is 0.889. The van der Waals surface area contributed by atoms with Gasteiger partial charge < -0.3 is 9.64 Å². The first kappa shape index (κ1) is 19.9. The molecule has 0 aromatic heterocycles. The highest BCUT2D eigenvalue weighted by Gasteiger charge is 2.34. The number of benzene rings is 1. The first-order chi connectivity index (χ1) is 11.3. The lowest BCUT2D eigenvalue weighted by Crippen LogP contribution is -2.53. The predicted molar refractivity (Wildman–Crippen MR) is 97.0 cm³/mol. The van der Waals surface area contributed by atoms with Gasteiger partial charge in [0.25, 0.3) is 5.91 Å². The van der Waals surface area contributed by atoms with Gasteiger partial charge in [0.1, 0.15) is 0 Å². The average molecular weight is 368 g/mol. The molecule has 1 N–H and O–H groups in total. The number of ether oxygens (including phenoxy) is 1. The van der Waals surface area contributed by atoms with Gasteiger partial charge in [-0.15, -0.1) is 0 Å². The van der Waals surface area contributed by atoms with Gasteiger partial charge in [0.05, 0.1) is 16.6 Å². The number of sulfonamides is 1. The van der Waals surface area contributed by atoms with Crippen LogP contribution in [-0.2, 0) is 14.8 Å². The van der Waals surface area contributed by atoms with Crippen molar-refractivity contribution in [2.75, 3.05) is 13.1 Å². The van der Waals surface area contributed by atoms with Crippen molar-refractivity contribution in [2.45, 2.75) is 63.7 Å². The van der Waals surface area contributed by atoms with Crippen molar-refractivity contribution in [3.63, 3.8) is 0 Å². The van der Waals surface area contributed by atoms with Crippen LogP contribution >= 0.6 is 0 Å². The number of amides is 1. The van der Waals surface area contributed by atoms with E-state index < -0.39 is 21.2 Å². The number of morpholine rings is 1. The summed E-state index contributed by atoms with van der Waals surface area (Å²) >= 11 is 0. The normalized spacial score (nSPS) is 21.2. The van der Waals surface area contributed by atoms with E-state index in [4.69, 9.17) is 4.74 Å². The molecule has 1 saturated heterocycles. The Bertz CT molecular complexity index is 733. The van der Waals surface area contributed by atoms with Crippen LogP contribution < -0.4 is 4.72 Å². The van der Waals surface area contributed by atoms with Crippen LogP contribution in [0.1, 0.15) is 51.9 Å². The molecule has 6 nitrogen and oxygen atoms in total. The first-order valence-electron chi connectivity index (χ1n) is 8.40. The van der Waals surface area contributed by atoms with Gasteiger partial charge in [0, 0.05) is 24.2 Å². The molecular weight excluding hydrogens is 340 g/mol. The van der Waals surface area contributed by atoms with Crippen LogP contribution in [0.15, 0.2) is 29.2 Å². The second-order valence-corrected chi connectivity index (χ2v) is 9.94. The lowest BCUT2D eigenvalue weighted by Gasteiger charge is -2.41. The van der Waals surface area contributed by atoms with E-state index in [-0.39, 0.29) is 16.9 Å². The zero-order valence-electron chi connectivity index (χ0n) is 15.8. The summed E-state index contributed by atoms with van der Waals surface area (Å²) in [6, 6.07) is 6.06. The average Bonchev–Trinajstić information content (AvgIpc) is 2.42. The number of rotatable bonds is 3. The zero-order chi connectivity index (χ0) is 19.0. The first-order valence-corrected chi connectivity index (χ1v) is 9.89. The summed E-state index contributed by atoms with van der Waals surface area (Å²) in [5.74, 6) is -0.115. The summed E-state index contributed by atoms with van der Waals surface area (Å²) in [4.78, 5) is 14.6. The molecule has 1 aromatic rings. The third kappa shape index (κ3) is 5.26. The van der Waals surface area contributed by atoms with Gasteiger partial charge in [-0.1, -0.05) is 0 Å². The third-order valence-electron chi connectivity index (χ3n) is 3.71. The van der Waals surface area contributed by atoms with Crippen molar-refractivity contribution >= 4 is 15.9 Å². The number of hydrogen-bond donors (Lipinski definition) is 1. The minimum atomic E-state index is -3.61. The van der Waals surface area contributed by atoms with E-state index in [2.05, 4.69) is 4.72 Å². The maximum absolute atomic E-state index is 12.7. The number of nitrogens with one attached hydrogen (secondary N) is 1. The molecule has 1 aliphatic heterocycles. The van der Waals surface area contributed by atoms with Gasteiger partial charge in [-0.05, 0) is 65.8 Å². The van der Waals surface area contributed by atoms with Crippen LogP contribution in [0.5, 0.6) is 0 Å². The minimum Gasteiger partial charge on any atom is -0.369 e. The zero-order valence-corrected chi connectivity index (χ0v) is 16.6. The van der Waals surface area contributed by atoms with Crippen molar-refractivity contribution in [1.29, 1.82) is 0 Å². The highest BCUT2D eigenvalue weighted by Crippen LogP contribution is 2.23. The van der Waals surface area contributed by atoms with E-state index in [0.29, 0.717) is 18.7 Å². The van der Waals surface area contributed by atoms with Gasteiger partial charge in [-0.2, -0.15) is 0 Å². The van der Waals surface area contributed by atoms with E-state index in [1.165, 1.54) is 12.1 Å². The molecule has 1 aliphatic rings. The van der Waals surface area contributed by atoms with Crippen LogP contribution in [-0.4, -0.2) is 49.6 Å². The van der Waals surface area contributed by atoms with Gasteiger partial charge in [-0.25, -0.2) is 13.1 Å². The largest absolute Gasteiger partial charge is 0.369 e. The Morgan fingerprint density at radius 2 is 1.80 bits per heavy atom. The highest BCUT2D eigenvalue weighted by atomic mass is 32.2. The van der Waals surface area contributed by atoms with Crippen LogP contribution in [0.3, 0.4) is 0 Å². The molecule has 1 amide bonds. The smallest absolute Gasteiger partial charge is 0.254 e. The van der Waals surface area contributed by atoms with Crippen molar-refractivity contribution in [3.8, 4) is 0 Å². The molecule has 25 heavy (non-hydrogen) atoms. The van der Waals surface area contributed by atoms with Crippen molar-refractivity contribution in [3.05, 3.63) is 29.8 Å². The molecule has 2 rings (SSSR count). The Kier molecular flexibility index (Phi) is 5.33. The third-order valence-corrected chi connectivity index (χ3v) is 5.48. The molecule has 1 fully saturated rings. The number of hydrogen-bond acceptors (Lipinski definition) is 4. The van der Waals surface area contributed by atoms with Crippen LogP contribution in [0, 0.1) is 0 Å². The lowest BCUT2D eigenvalue weighted by atomic mass is 10.0. The molecule has 0 saturated carbocycles. The van der Waals surface area contributed by atoms with Gasteiger partial charge in [0.2, 0.25) is 10.0 Å². The summed E-state index contributed by atoms with van der Waals surface area (Å²) in [7, 11) is -3.61. The SMILES string of the molecule is CC1CN(C(=O)c2ccc(S(=O)(=O)NC(C)(C)C)cc2)CC(C)(C)O1. The van der Waals surface area contributed by atoms with E-state index in [0.717, 1.165) is 0 Å². The molecule has 7 heteroatoms. The second-order valence-electron chi connectivity index (χ2n) is 8.25. The van der Waals surface area contributed by atoms with Crippen molar-refractivity contribution in [2.24, 2.45) is 0 Å². The number of carbonyl (C=O) groups excluding carboxylic acids is 1. The molecule has 0 aliphatic carbocycles. The highest BCUT2D eigenvalue weighted by molar-refractivity contribution is 7.89. The molecule has 1 aromatic carbocycles. The Morgan fingerprint density at radius 3 is 2.28 bits per heavy atom. The van der Waals surface area contributed by atoms with Crippen molar-refractivity contribution in [1.82, 2.24) is 9.62 Å². The Morgan fingerprint density at radius 1 is 1.24 bits per heavy atom. The molecule has 0 radical (unpaired) electrons. The fraction of sp³-hybridized carbons (Fsp3) is 0.611. The predicted octanol–water partition coefficient (Wildman–Crippen LogP) is 2.40. The monoisotopic (exact) mass is 368 g/mol. The maximum Gasteiger partial charge on any atom is 0.254 e. The number of carbonyl (C=O) groups is 1. The van der Waals surface area contributed by atoms with E-state index in [9.17, 15) is 13.2 Å². The standard InChI is InChI=1S/C18H28N2O4S/c1-13-11-20(12-18(5,6)24-13)16(21)14-7-9-15(10-8-14)25(22,23)19-17(2,3)4/h7-10,13,19H,11-12H2,1-6H3. The minimum absolute atomic E-state index is 0.0386. The Balaban J connectivity index is 2.18.